The number of carbonyl (C=O) groups excluding carboxylic acids is 2. The summed E-state index contributed by atoms with van der Waals surface area (Å²) in [6, 6.07) is 6.03. The van der Waals surface area contributed by atoms with Crippen LogP contribution < -0.4 is 11.5 Å². The van der Waals surface area contributed by atoms with E-state index in [0.717, 1.165) is 11.8 Å². The fourth-order valence-corrected chi connectivity index (χ4v) is 1.49. The van der Waals surface area contributed by atoms with Crippen LogP contribution in [-0.4, -0.2) is 42.0 Å². The van der Waals surface area contributed by atoms with Crippen molar-refractivity contribution in [2.24, 2.45) is 21.5 Å². The van der Waals surface area contributed by atoms with E-state index in [9.17, 15) is 9.59 Å². The summed E-state index contributed by atoms with van der Waals surface area (Å²) in [5, 5.41) is 7.74. The lowest BCUT2D eigenvalue weighted by Crippen LogP contribution is -2.29. The second kappa shape index (κ2) is 7.93. The van der Waals surface area contributed by atoms with Crippen molar-refractivity contribution >= 4 is 46.0 Å². The molecule has 1 rings (SSSR count). The monoisotopic (exact) mass is 321 g/mol. The Morgan fingerprint density at radius 2 is 1.82 bits per heavy atom. The highest BCUT2D eigenvalue weighted by Crippen LogP contribution is 2.15. The third-order valence-electron chi connectivity index (χ3n) is 2.42. The van der Waals surface area contributed by atoms with Crippen molar-refractivity contribution in [3.63, 3.8) is 0 Å². The number of rotatable bonds is 4. The molecule has 0 radical (unpaired) electrons. The standard InChI is InChI=1S/C13H15N5O3S/c1-21-12(20)7-3-5-8(6-4-7)17-11(9(14)10(15)19)18-13(16)22-2/h3-6,14H,1-2H3,(H2,15,19)(H2,16,17,18). The van der Waals surface area contributed by atoms with Crippen molar-refractivity contribution in [3.05, 3.63) is 29.8 Å². The fourth-order valence-electron chi connectivity index (χ4n) is 1.31. The zero-order valence-corrected chi connectivity index (χ0v) is 12.8. The molecule has 5 N–H and O–H groups in total. The highest BCUT2D eigenvalue weighted by atomic mass is 32.2. The maximum Gasteiger partial charge on any atom is 0.337 e. The van der Waals surface area contributed by atoms with Crippen molar-refractivity contribution < 1.29 is 14.3 Å². The number of nitrogens with two attached hydrogens (primary N) is 2. The van der Waals surface area contributed by atoms with Crippen LogP contribution in [0.5, 0.6) is 0 Å². The topological polar surface area (TPSA) is 144 Å². The minimum absolute atomic E-state index is 0.135. The van der Waals surface area contributed by atoms with E-state index in [-0.39, 0.29) is 11.0 Å². The highest BCUT2D eigenvalue weighted by Gasteiger charge is 2.13. The van der Waals surface area contributed by atoms with E-state index < -0.39 is 17.6 Å². The summed E-state index contributed by atoms with van der Waals surface area (Å²) >= 11 is 1.14. The number of esters is 1. The number of nitrogens with zero attached hydrogens (tertiary/aromatic N) is 2. The molecule has 1 aromatic rings. The van der Waals surface area contributed by atoms with Crippen LogP contribution >= 0.6 is 11.8 Å². The SMILES string of the molecule is COC(=O)c1ccc(N=C(N=C(N)SC)C(=N)C(N)=O)cc1. The number of methoxy groups -OCH3 is 1. The summed E-state index contributed by atoms with van der Waals surface area (Å²) in [5.41, 5.74) is 10.8. The van der Waals surface area contributed by atoms with Crippen LogP contribution in [0.25, 0.3) is 0 Å². The predicted molar refractivity (Wildman–Crippen MR) is 86.9 cm³/mol. The molecule has 0 aromatic heterocycles. The molecule has 0 saturated carbocycles. The van der Waals surface area contributed by atoms with E-state index >= 15 is 0 Å². The molecular weight excluding hydrogens is 306 g/mol. The highest BCUT2D eigenvalue weighted by molar-refractivity contribution is 8.13. The van der Waals surface area contributed by atoms with E-state index in [0.29, 0.717) is 11.3 Å². The summed E-state index contributed by atoms with van der Waals surface area (Å²) < 4.78 is 4.58. The molecule has 22 heavy (non-hydrogen) atoms. The molecule has 116 valence electrons. The molecule has 0 heterocycles. The lowest BCUT2D eigenvalue weighted by atomic mass is 10.2. The zero-order chi connectivity index (χ0) is 16.7. The number of primary amides is 1. The number of hydrogen-bond acceptors (Lipinski definition) is 6. The lowest BCUT2D eigenvalue weighted by molar-refractivity contribution is -0.111. The third-order valence-corrected chi connectivity index (χ3v) is 2.93. The van der Waals surface area contributed by atoms with E-state index in [1.165, 1.54) is 31.4 Å². The maximum atomic E-state index is 11.3. The first kappa shape index (κ1) is 17.4. The number of amides is 1. The molecule has 0 bridgehead atoms. The molecule has 0 spiro atoms. The fraction of sp³-hybridized carbons (Fsp3) is 0.154. The average molecular weight is 321 g/mol. The van der Waals surface area contributed by atoms with Gasteiger partial charge in [0.2, 0.25) is 0 Å². The van der Waals surface area contributed by atoms with Crippen molar-refractivity contribution in [3.8, 4) is 0 Å². The molecule has 0 aliphatic rings. The van der Waals surface area contributed by atoms with Gasteiger partial charge in [0.1, 0.15) is 0 Å². The number of benzene rings is 1. The summed E-state index contributed by atoms with van der Waals surface area (Å²) in [4.78, 5) is 30.4. The summed E-state index contributed by atoms with van der Waals surface area (Å²) in [6.07, 6.45) is 1.69. The van der Waals surface area contributed by atoms with Crippen molar-refractivity contribution in [2.45, 2.75) is 0 Å². The van der Waals surface area contributed by atoms with Crippen LogP contribution in [0.2, 0.25) is 0 Å². The summed E-state index contributed by atoms with van der Waals surface area (Å²) in [5.74, 6) is -1.65. The van der Waals surface area contributed by atoms with Gasteiger partial charge >= 0.3 is 5.97 Å². The molecule has 1 amide bonds. The summed E-state index contributed by atoms with van der Waals surface area (Å²) in [6.45, 7) is 0. The molecular formula is C13H15N5O3S. The van der Waals surface area contributed by atoms with Crippen LogP contribution in [0.4, 0.5) is 5.69 Å². The van der Waals surface area contributed by atoms with Gasteiger partial charge in [-0.05, 0) is 30.5 Å². The normalized spacial score (nSPS) is 11.9. The van der Waals surface area contributed by atoms with Gasteiger partial charge in [-0.2, -0.15) is 0 Å². The Hall–Kier alpha value is -2.68. The molecule has 0 fully saturated rings. The van der Waals surface area contributed by atoms with Crippen LogP contribution in [0.3, 0.4) is 0 Å². The van der Waals surface area contributed by atoms with Gasteiger partial charge in [-0.1, -0.05) is 11.8 Å². The molecule has 9 heteroatoms. The van der Waals surface area contributed by atoms with E-state index in [2.05, 4.69) is 14.7 Å². The van der Waals surface area contributed by atoms with Gasteiger partial charge in [0.05, 0.1) is 18.4 Å². The third kappa shape index (κ3) is 4.70. The number of ether oxygens (including phenoxy) is 1. The number of carbonyl (C=O) groups is 2. The quantitative estimate of drug-likeness (QED) is 0.424. The minimum atomic E-state index is -0.970. The first-order valence-electron chi connectivity index (χ1n) is 5.93. The smallest absolute Gasteiger partial charge is 0.337 e. The van der Waals surface area contributed by atoms with Gasteiger partial charge in [0.25, 0.3) is 5.91 Å². The Morgan fingerprint density at radius 1 is 1.23 bits per heavy atom. The number of aliphatic imine (C=N–C) groups is 2. The number of hydrogen-bond donors (Lipinski definition) is 3. The molecule has 0 aliphatic heterocycles. The molecule has 0 saturated heterocycles. The predicted octanol–water partition coefficient (Wildman–Crippen LogP) is 0.686. The largest absolute Gasteiger partial charge is 0.465 e. The second-order valence-electron chi connectivity index (χ2n) is 3.87. The Bertz CT molecular complexity index is 652. The molecule has 0 atom stereocenters. The first-order chi connectivity index (χ1) is 10.4. The van der Waals surface area contributed by atoms with Crippen LogP contribution in [-0.2, 0) is 9.53 Å². The minimum Gasteiger partial charge on any atom is -0.465 e. The Balaban J connectivity index is 3.19. The van der Waals surface area contributed by atoms with Gasteiger partial charge < -0.3 is 16.2 Å². The molecule has 8 nitrogen and oxygen atoms in total. The number of thioether (sulfide) groups is 1. The van der Waals surface area contributed by atoms with Gasteiger partial charge in [-0.25, -0.2) is 14.8 Å². The van der Waals surface area contributed by atoms with Crippen molar-refractivity contribution in [1.82, 2.24) is 0 Å². The van der Waals surface area contributed by atoms with Crippen molar-refractivity contribution in [1.29, 1.82) is 5.41 Å². The maximum absolute atomic E-state index is 11.3. The first-order valence-corrected chi connectivity index (χ1v) is 7.15. The van der Waals surface area contributed by atoms with Gasteiger partial charge in [0.15, 0.2) is 16.7 Å². The number of amidine groups is 2. The molecule has 0 unspecified atom stereocenters. The van der Waals surface area contributed by atoms with Crippen LogP contribution in [0, 0.1) is 5.41 Å². The Morgan fingerprint density at radius 3 is 2.27 bits per heavy atom. The van der Waals surface area contributed by atoms with E-state index in [1.54, 1.807) is 6.26 Å². The van der Waals surface area contributed by atoms with E-state index in [4.69, 9.17) is 16.9 Å². The lowest BCUT2D eigenvalue weighted by Gasteiger charge is -2.03. The Labute approximate surface area is 131 Å². The van der Waals surface area contributed by atoms with Gasteiger partial charge in [0, 0.05) is 0 Å². The average Bonchev–Trinajstić information content (AvgIpc) is 2.53. The molecule has 1 aromatic carbocycles. The molecule has 0 aliphatic carbocycles. The van der Waals surface area contributed by atoms with Gasteiger partial charge in [-0.3, -0.25) is 10.2 Å². The van der Waals surface area contributed by atoms with E-state index in [1.807, 2.05) is 0 Å². The van der Waals surface area contributed by atoms with Gasteiger partial charge in [-0.15, -0.1) is 0 Å². The Kier molecular flexibility index (Phi) is 6.26. The summed E-state index contributed by atoms with van der Waals surface area (Å²) in [7, 11) is 1.28. The second-order valence-corrected chi connectivity index (χ2v) is 4.69. The van der Waals surface area contributed by atoms with Crippen LogP contribution in [0.1, 0.15) is 10.4 Å². The number of nitrogens with one attached hydrogen (secondary N) is 1. The van der Waals surface area contributed by atoms with Crippen LogP contribution in [0.15, 0.2) is 34.3 Å². The van der Waals surface area contributed by atoms with Crippen molar-refractivity contribution in [2.75, 3.05) is 13.4 Å². The zero-order valence-electron chi connectivity index (χ0n) is 12.0.